The summed E-state index contributed by atoms with van der Waals surface area (Å²) in [7, 11) is 0. The molecule has 2 atom stereocenters. The van der Waals surface area contributed by atoms with Gasteiger partial charge in [0.2, 0.25) is 0 Å². The van der Waals surface area contributed by atoms with Gasteiger partial charge in [-0.15, -0.1) is 0 Å². The minimum atomic E-state index is 0.884. The van der Waals surface area contributed by atoms with E-state index in [1.54, 1.807) is 0 Å². The van der Waals surface area contributed by atoms with Gasteiger partial charge in [0.05, 0.1) is 0 Å². The molecular formula is C5H9NS. The molecule has 2 heterocycles. The van der Waals surface area contributed by atoms with E-state index in [0.717, 1.165) is 11.3 Å². The van der Waals surface area contributed by atoms with Gasteiger partial charge in [0, 0.05) is 23.6 Å². The van der Waals surface area contributed by atoms with Gasteiger partial charge in [-0.25, -0.2) is 0 Å². The van der Waals surface area contributed by atoms with Crippen molar-refractivity contribution >= 4 is 11.8 Å². The average molecular weight is 115 g/mol. The monoisotopic (exact) mass is 115 g/mol. The minimum Gasteiger partial charge on any atom is -0.312 e. The van der Waals surface area contributed by atoms with E-state index in [1.807, 2.05) is 0 Å². The molecule has 2 bridgehead atoms. The summed E-state index contributed by atoms with van der Waals surface area (Å²) in [6.45, 7) is 1.27. The largest absolute Gasteiger partial charge is 0.312 e. The number of nitrogens with one attached hydrogen (secondary N) is 1. The molecule has 0 saturated carbocycles. The Morgan fingerprint density at radius 3 is 2.71 bits per heavy atom. The highest BCUT2D eigenvalue weighted by Crippen LogP contribution is 2.30. The van der Waals surface area contributed by atoms with Gasteiger partial charge in [-0.3, -0.25) is 0 Å². The Kier molecular flexibility index (Phi) is 0.837. The lowest BCUT2D eigenvalue weighted by molar-refractivity contribution is 0.679. The Labute approximate surface area is 47.9 Å². The molecule has 0 radical (unpaired) electrons. The summed E-state index contributed by atoms with van der Waals surface area (Å²) in [5.74, 6) is 1.37. The highest BCUT2D eigenvalue weighted by atomic mass is 32.2. The molecule has 0 spiro atoms. The Morgan fingerprint density at radius 2 is 2.57 bits per heavy atom. The van der Waals surface area contributed by atoms with Gasteiger partial charge >= 0.3 is 0 Å². The van der Waals surface area contributed by atoms with Gasteiger partial charge in [0.1, 0.15) is 0 Å². The van der Waals surface area contributed by atoms with Gasteiger partial charge < -0.3 is 5.32 Å². The Morgan fingerprint density at radius 1 is 1.57 bits per heavy atom. The molecule has 2 fully saturated rings. The smallest absolute Gasteiger partial charge is 0.0188 e. The zero-order valence-electron chi connectivity index (χ0n) is 4.18. The van der Waals surface area contributed by atoms with Crippen LogP contribution >= 0.6 is 11.8 Å². The van der Waals surface area contributed by atoms with E-state index in [9.17, 15) is 0 Å². The molecule has 0 aromatic heterocycles. The SMILES string of the molecule is C1S[C@@H]2CN[C@@H]1C2. The van der Waals surface area contributed by atoms with Gasteiger partial charge in [-0.1, -0.05) is 0 Å². The molecule has 0 amide bonds. The van der Waals surface area contributed by atoms with E-state index >= 15 is 0 Å². The standard InChI is InChI=1S/C5H9NS/c1-4-3-7-5(1)2-6-4/h4-6H,1-3H2/t4-,5+/m1/s1. The molecule has 1 N–H and O–H groups in total. The van der Waals surface area contributed by atoms with E-state index < -0.39 is 0 Å². The van der Waals surface area contributed by atoms with E-state index in [0.29, 0.717) is 0 Å². The van der Waals surface area contributed by atoms with Crippen LogP contribution in [0.4, 0.5) is 0 Å². The van der Waals surface area contributed by atoms with Crippen molar-refractivity contribution in [2.24, 2.45) is 0 Å². The molecule has 2 rings (SSSR count). The van der Waals surface area contributed by atoms with Gasteiger partial charge in [-0.2, -0.15) is 11.8 Å². The molecule has 40 valence electrons. The molecule has 0 unspecified atom stereocenters. The van der Waals surface area contributed by atoms with Crippen LogP contribution in [0.1, 0.15) is 6.42 Å². The van der Waals surface area contributed by atoms with Crippen LogP contribution in [0.2, 0.25) is 0 Å². The highest BCUT2D eigenvalue weighted by molar-refractivity contribution is 8.00. The number of hydrogen-bond acceptors (Lipinski definition) is 2. The molecule has 2 heteroatoms. The first-order valence-corrected chi connectivity index (χ1v) is 3.85. The molecule has 7 heavy (non-hydrogen) atoms. The lowest BCUT2D eigenvalue weighted by atomic mass is 10.3. The van der Waals surface area contributed by atoms with Crippen LogP contribution in [-0.4, -0.2) is 23.6 Å². The lowest BCUT2D eigenvalue weighted by Gasteiger charge is -2.08. The number of hydrogen-bond donors (Lipinski definition) is 1. The third kappa shape index (κ3) is 0.572. The quantitative estimate of drug-likeness (QED) is 0.492. The summed E-state index contributed by atoms with van der Waals surface area (Å²) in [5, 5.41) is 4.41. The molecule has 2 saturated heterocycles. The molecule has 2 aliphatic heterocycles. The van der Waals surface area contributed by atoms with Gasteiger partial charge in [0.25, 0.3) is 0 Å². The van der Waals surface area contributed by atoms with Crippen LogP contribution in [0.25, 0.3) is 0 Å². The molecule has 0 aliphatic carbocycles. The Hall–Kier alpha value is 0.310. The second-order valence-electron chi connectivity index (χ2n) is 2.30. The van der Waals surface area contributed by atoms with Crippen molar-refractivity contribution in [1.82, 2.24) is 5.32 Å². The predicted octanol–water partition coefficient (Wildman–Crippen LogP) is 0.464. The second-order valence-corrected chi connectivity index (χ2v) is 3.63. The third-order valence-corrected chi connectivity index (χ3v) is 3.14. The van der Waals surface area contributed by atoms with Crippen molar-refractivity contribution in [3.63, 3.8) is 0 Å². The summed E-state index contributed by atoms with van der Waals surface area (Å²) in [5.41, 5.74) is 0. The Balaban J connectivity index is 2.12. The number of rotatable bonds is 0. The first-order valence-electron chi connectivity index (χ1n) is 2.80. The summed E-state index contributed by atoms with van der Waals surface area (Å²) in [4.78, 5) is 0. The predicted molar refractivity (Wildman–Crippen MR) is 32.7 cm³/mol. The summed E-state index contributed by atoms with van der Waals surface area (Å²) >= 11 is 2.13. The zero-order chi connectivity index (χ0) is 4.69. The van der Waals surface area contributed by atoms with Gasteiger partial charge in [0.15, 0.2) is 0 Å². The first kappa shape index (κ1) is 4.21. The fraction of sp³-hybridized carbons (Fsp3) is 1.00. The van der Waals surface area contributed by atoms with E-state index in [2.05, 4.69) is 17.1 Å². The van der Waals surface area contributed by atoms with Crippen LogP contribution < -0.4 is 5.32 Å². The van der Waals surface area contributed by atoms with E-state index in [-0.39, 0.29) is 0 Å². The molecule has 0 aromatic carbocycles. The van der Waals surface area contributed by atoms with Gasteiger partial charge in [-0.05, 0) is 6.42 Å². The molecular weight excluding hydrogens is 106 g/mol. The number of fused-ring (bicyclic) bond motifs is 2. The highest BCUT2D eigenvalue weighted by Gasteiger charge is 2.30. The Bertz CT molecular complexity index is 66.1. The zero-order valence-corrected chi connectivity index (χ0v) is 5.00. The lowest BCUT2D eigenvalue weighted by Crippen LogP contribution is -2.26. The fourth-order valence-electron chi connectivity index (χ4n) is 1.29. The van der Waals surface area contributed by atoms with E-state index in [1.165, 1.54) is 18.7 Å². The summed E-state index contributed by atoms with van der Waals surface area (Å²) in [6.07, 6.45) is 1.44. The third-order valence-electron chi connectivity index (χ3n) is 1.71. The maximum absolute atomic E-state index is 3.44. The van der Waals surface area contributed by atoms with Crippen molar-refractivity contribution in [1.29, 1.82) is 0 Å². The second kappa shape index (κ2) is 1.39. The number of thioether (sulfide) groups is 1. The van der Waals surface area contributed by atoms with Crippen molar-refractivity contribution in [3.8, 4) is 0 Å². The van der Waals surface area contributed by atoms with Crippen LogP contribution in [0.15, 0.2) is 0 Å². The first-order chi connectivity index (χ1) is 3.45. The summed E-state index contributed by atoms with van der Waals surface area (Å²) in [6, 6.07) is 0.884. The van der Waals surface area contributed by atoms with E-state index in [4.69, 9.17) is 0 Å². The van der Waals surface area contributed by atoms with Crippen LogP contribution in [0.5, 0.6) is 0 Å². The van der Waals surface area contributed by atoms with Crippen molar-refractivity contribution in [2.45, 2.75) is 17.7 Å². The molecule has 2 aliphatic rings. The molecule has 1 nitrogen and oxygen atoms in total. The minimum absolute atomic E-state index is 0.884. The van der Waals surface area contributed by atoms with Crippen molar-refractivity contribution in [3.05, 3.63) is 0 Å². The van der Waals surface area contributed by atoms with Crippen molar-refractivity contribution in [2.75, 3.05) is 12.3 Å². The van der Waals surface area contributed by atoms with Crippen molar-refractivity contribution < 1.29 is 0 Å². The normalized spacial score (nSPS) is 48.0. The average Bonchev–Trinajstić information content (AvgIpc) is 2.22. The topological polar surface area (TPSA) is 12.0 Å². The summed E-state index contributed by atoms with van der Waals surface area (Å²) < 4.78 is 0. The van der Waals surface area contributed by atoms with Crippen LogP contribution in [-0.2, 0) is 0 Å². The van der Waals surface area contributed by atoms with Crippen LogP contribution in [0.3, 0.4) is 0 Å². The maximum atomic E-state index is 3.44. The fourth-order valence-corrected chi connectivity index (χ4v) is 2.63. The maximum Gasteiger partial charge on any atom is 0.0188 e. The molecule has 0 aromatic rings. The van der Waals surface area contributed by atoms with Crippen LogP contribution in [0, 0.1) is 0 Å².